The van der Waals surface area contributed by atoms with Crippen molar-refractivity contribution in [1.29, 1.82) is 0 Å². The maximum absolute atomic E-state index is 14.6. The van der Waals surface area contributed by atoms with Crippen molar-refractivity contribution in [2.24, 2.45) is 0 Å². The number of aryl methyl sites for hydroxylation is 1. The standard InChI is InChI=1S/C29H29ClFN3O4S/c1-19-5-3-6-23(13-19)39(37,38)34-17-22-16-32(18-28(35)36)11-12-33(22)26-10-9-21(15-27(26)34)14-20(2)29-24(30)7-4-8-25(29)31/h3-10,13-15,22H,11-12,16-18H2,1-2H3,(H,35,36)/b20-14+/t22-/m0/s1. The zero-order chi connectivity index (χ0) is 27.9. The topological polar surface area (TPSA) is 81.2 Å². The van der Waals surface area contributed by atoms with Gasteiger partial charge >= 0.3 is 5.97 Å². The number of anilines is 2. The molecule has 0 bridgehead atoms. The fourth-order valence-corrected chi connectivity index (χ4v) is 7.34. The van der Waals surface area contributed by atoms with Crippen LogP contribution in [0.15, 0.2) is 65.6 Å². The Bertz CT molecular complexity index is 1560. The third-order valence-corrected chi connectivity index (χ3v) is 9.29. The summed E-state index contributed by atoms with van der Waals surface area (Å²) in [5, 5.41) is 9.59. The van der Waals surface area contributed by atoms with Gasteiger partial charge in [-0.15, -0.1) is 0 Å². The second kappa shape index (κ2) is 10.6. The SMILES string of the molecule is C/C(=C\c1ccc2c(c1)N(S(=O)(=O)c1cccc(C)c1)C[C@@H]1CN(CC(=O)O)CCN21)c1c(F)cccc1Cl. The smallest absolute Gasteiger partial charge is 0.317 e. The summed E-state index contributed by atoms with van der Waals surface area (Å²) in [6.07, 6.45) is 1.79. The summed E-state index contributed by atoms with van der Waals surface area (Å²) in [6.45, 7) is 5.24. The number of allylic oxidation sites excluding steroid dienone is 1. The number of halogens is 2. The highest BCUT2D eigenvalue weighted by atomic mass is 35.5. The van der Waals surface area contributed by atoms with E-state index in [1.165, 1.54) is 10.4 Å². The Hall–Kier alpha value is -3.40. The summed E-state index contributed by atoms with van der Waals surface area (Å²) in [6, 6.07) is 16.7. The van der Waals surface area contributed by atoms with E-state index >= 15 is 0 Å². The fourth-order valence-electron chi connectivity index (χ4n) is 5.42. The summed E-state index contributed by atoms with van der Waals surface area (Å²) in [4.78, 5) is 15.5. The van der Waals surface area contributed by atoms with Crippen molar-refractivity contribution >= 4 is 50.6 Å². The van der Waals surface area contributed by atoms with Crippen molar-refractivity contribution in [1.82, 2.24) is 4.90 Å². The highest BCUT2D eigenvalue weighted by Crippen LogP contribution is 2.41. The zero-order valence-corrected chi connectivity index (χ0v) is 23.2. The number of hydrogen-bond donors (Lipinski definition) is 1. The maximum Gasteiger partial charge on any atom is 0.317 e. The molecule has 3 aromatic carbocycles. The Kier molecular flexibility index (Phi) is 7.41. The van der Waals surface area contributed by atoms with E-state index in [4.69, 9.17) is 11.6 Å². The lowest BCUT2D eigenvalue weighted by Gasteiger charge is -2.49. The molecule has 10 heteroatoms. The van der Waals surface area contributed by atoms with Crippen LogP contribution in [0.25, 0.3) is 11.6 Å². The number of benzene rings is 3. The first-order valence-corrected chi connectivity index (χ1v) is 14.4. The first-order valence-electron chi connectivity index (χ1n) is 12.6. The molecule has 1 N–H and O–H groups in total. The van der Waals surface area contributed by atoms with Crippen molar-refractivity contribution in [3.63, 3.8) is 0 Å². The van der Waals surface area contributed by atoms with Crippen molar-refractivity contribution in [2.45, 2.75) is 24.8 Å². The second-order valence-corrected chi connectivity index (χ2v) is 12.3. The van der Waals surface area contributed by atoms with E-state index < -0.39 is 21.8 Å². The number of carboxylic acids is 1. The molecule has 2 aliphatic rings. The minimum Gasteiger partial charge on any atom is -0.480 e. The largest absolute Gasteiger partial charge is 0.480 e. The molecule has 0 aliphatic carbocycles. The number of hydrogen-bond acceptors (Lipinski definition) is 5. The first-order chi connectivity index (χ1) is 18.5. The molecule has 204 valence electrons. The predicted octanol–water partition coefficient (Wildman–Crippen LogP) is 5.13. The Morgan fingerprint density at radius 3 is 2.56 bits per heavy atom. The Labute approximate surface area is 232 Å². The fraction of sp³-hybridized carbons (Fsp3) is 0.276. The Morgan fingerprint density at radius 2 is 1.85 bits per heavy atom. The molecule has 2 aliphatic heterocycles. The van der Waals surface area contributed by atoms with Gasteiger partial charge in [0.15, 0.2) is 0 Å². The van der Waals surface area contributed by atoms with E-state index in [0.717, 1.165) is 11.3 Å². The van der Waals surface area contributed by atoms with Gasteiger partial charge in [0, 0.05) is 25.2 Å². The minimum atomic E-state index is -3.93. The highest BCUT2D eigenvalue weighted by Gasteiger charge is 2.40. The van der Waals surface area contributed by atoms with Gasteiger partial charge in [-0.2, -0.15) is 0 Å². The molecule has 3 aromatic rings. The summed E-state index contributed by atoms with van der Waals surface area (Å²) < 4.78 is 44.0. The first kappa shape index (κ1) is 27.2. The molecule has 7 nitrogen and oxygen atoms in total. The van der Waals surface area contributed by atoms with Crippen LogP contribution in [0.2, 0.25) is 5.02 Å². The molecule has 0 amide bonds. The Balaban J connectivity index is 1.60. The Morgan fingerprint density at radius 1 is 1.08 bits per heavy atom. The van der Waals surface area contributed by atoms with Crippen molar-refractivity contribution in [3.05, 3.63) is 88.2 Å². The molecule has 5 rings (SSSR count). The molecule has 0 saturated carbocycles. The molecule has 39 heavy (non-hydrogen) atoms. The van der Waals surface area contributed by atoms with Gasteiger partial charge in [-0.1, -0.05) is 41.9 Å². The molecular weight excluding hydrogens is 541 g/mol. The van der Waals surface area contributed by atoms with E-state index in [1.54, 1.807) is 49.4 Å². The summed E-state index contributed by atoms with van der Waals surface area (Å²) in [7, 11) is -3.93. The van der Waals surface area contributed by atoms with Crippen LogP contribution in [0, 0.1) is 12.7 Å². The van der Waals surface area contributed by atoms with Crippen LogP contribution in [-0.2, 0) is 14.8 Å². The lowest BCUT2D eigenvalue weighted by molar-refractivity contribution is -0.138. The number of sulfonamides is 1. The summed E-state index contributed by atoms with van der Waals surface area (Å²) in [5.74, 6) is -1.34. The van der Waals surface area contributed by atoms with Gasteiger partial charge in [-0.25, -0.2) is 12.8 Å². The molecule has 2 heterocycles. The summed E-state index contributed by atoms with van der Waals surface area (Å²) in [5.41, 5.74) is 3.74. The normalized spacial score (nSPS) is 18.1. The van der Waals surface area contributed by atoms with Gasteiger partial charge in [-0.05, 0) is 66.9 Å². The second-order valence-electron chi connectivity index (χ2n) is 10.0. The van der Waals surface area contributed by atoms with E-state index in [9.17, 15) is 22.7 Å². The van der Waals surface area contributed by atoms with Gasteiger partial charge in [0.05, 0.1) is 40.4 Å². The maximum atomic E-state index is 14.6. The summed E-state index contributed by atoms with van der Waals surface area (Å²) >= 11 is 6.27. The average Bonchev–Trinajstić information content (AvgIpc) is 2.87. The van der Waals surface area contributed by atoms with Gasteiger partial charge in [0.25, 0.3) is 10.0 Å². The molecule has 1 saturated heterocycles. The van der Waals surface area contributed by atoms with E-state index in [2.05, 4.69) is 4.90 Å². The number of carboxylic acid groups (broad SMARTS) is 1. The van der Waals surface area contributed by atoms with Crippen LogP contribution >= 0.6 is 11.6 Å². The van der Waals surface area contributed by atoms with Crippen LogP contribution in [0.5, 0.6) is 0 Å². The zero-order valence-electron chi connectivity index (χ0n) is 21.6. The quantitative estimate of drug-likeness (QED) is 0.414. The monoisotopic (exact) mass is 569 g/mol. The number of fused-ring (bicyclic) bond motifs is 3. The molecular formula is C29H29ClFN3O4S. The van der Waals surface area contributed by atoms with Gasteiger partial charge in [-0.3, -0.25) is 14.0 Å². The van der Waals surface area contributed by atoms with Crippen LogP contribution in [-0.4, -0.2) is 63.2 Å². The number of rotatable bonds is 6. The van der Waals surface area contributed by atoms with E-state index in [0.29, 0.717) is 47.0 Å². The third-order valence-electron chi connectivity index (χ3n) is 7.20. The molecule has 0 spiro atoms. The molecule has 0 aromatic heterocycles. The van der Waals surface area contributed by atoms with Crippen molar-refractivity contribution in [3.8, 4) is 0 Å². The molecule has 1 fully saturated rings. The van der Waals surface area contributed by atoms with Gasteiger partial charge < -0.3 is 10.0 Å². The van der Waals surface area contributed by atoms with Gasteiger partial charge in [0.1, 0.15) is 5.82 Å². The molecule has 0 unspecified atom stereocenters. The lowest BCUT2D eigenvalue weighted by Crippen LogP contribution is -2.61. The molecule has 0 radical (unpaired) electrons. The lowest BCUT2D eigenvalue weighted by atomic mass is 10.0. The van der Waals surface area contributed by atoms with Crippen LogP contribution < -0.4 is 9.21 Å². The number of nitrogens with zero attached hydrogens (tertiary/aromatic N) is 3. The predicted molar refractivity (Wildman–Crippen MR) is 152 cm³/mol. The molecule has 1 atom stereocenters. The third kappa shape index (κ3) is 5.39. The van der Waals surface area contributed by atoms with Crippen molar-refractivity contribution in [2.75, 3.05) is 41.9 Å². The minimum absolute atomic E-state index is 0.0938. The average molecular weight is 570 g/mol. The number of aliphatic carboxylic acids is 1. The van der Waals surface area contributed by atoms with Crippen LogP contribution in [0.4, 0.5) is 15.8 Å². The number of carbonyl (C=O) groups is 1. The van der Waals surface area contributed by atoms with Crippen molar-refractivity contribution < 1.29 is 22.7 Å². The van der Waals surface area contributed by atoms with Gasteiger partial charge in [0.2, 0.25) is 0 Å². The van der Waals surface area contributed by atoms with Crippen LogP contribution in [0.1, 0.15) is 23.6 Å². The van der Waals surface area contributed by atoms with E-state index in [1.807, 2.05) is 30.0 Å². The highest BCUT2D eigenvalue weighted by molar-refractivity contribution is 7.92. The van der Waals surface area contributed by atoms with E-state index in [-0.39, 0.29) is 24.0 Å². The number of piperazine rings is 1. The van der Waals surface area contributed by atoms with Crippen LogP contribution in [0.3, 0.4) is 0 Å².